The Morgan fingerprint density at radius 3 is 2.04 bits per heavy atom. The van der Waals surface area contributed by atoms with Crippen molar-refractivity contribution < 1.29 is 8.78 Å². The van der Waals surface area contributed by atoms with Gasteiger partial charge in [-0.3, -0.25) is 0 Å². The number of hydrogen-bond donors (Lipinski definition) is 0. The first-order chi connectivity index (χ1) is 12.2. The van der Waals surface area contributed by atoms with E-state index in [0.29, 0.717) is 11.8 Å². The van der Waals surface area contributed by atoms with E-state index >= 15 is 0 Å². The molecule has 0 nitrogen and oxygen atoms in total. The van der Waals surface area contributed by atoms with Crippen LogP contribution in [0.4, 0.5) is 8.78 Å². The Morgan fingerprint density at radius 2 is 1.48 bits per heavy atom. The Balaban J connectivity index is 1.44. The second-order valence-electron chi connectivity index (χ2n) is 8.24. The van der Waals surface area contributed by atoms with Crippen molar-refractivity contribution in [3.63, 3.8) is 0 Å². The van der Waals surface area contributed by atoms with Gasteiger partial charge >= 0.3 is 0 Å². The summed E-state index contributed by atoms with van der Waals surface area (Å²) in [5.74, 6) is 1.47. The second kappa shape index (κ2) is 9.11. The van der Waals surface area contributed by atoms with Crippen LogP contribution >= 0.6 is 0 Å². The van der Waals surface area contributed by atoms with Crippen LogP contribution in [0.5, 0.6) is 0 Å². The molecule has 0 bridgehead atoms. The zero-order chi connectivity index (χ0) is 17.6. The molecule has 0 unspecified atom stereocenters. The molecule has 0 N–H and O–H groups in total. The van der Waals surface area contributed by atoms with Crippen molar-refractivity contribution in [2.45, 2.75) is 69.9 Å². The summed E-state index contributed by atoms with van der Waals surface area (Å²) in [6.45, 7) is 2.43. The van der Waals surface area contributed by atoms with Gasteiger partial charge in [0.25, 0.3) is 0 Å². The second-order valence-corrected chi connectivity index (χ2v) is 9.82. The molecule has 25 heavy (non-hydrogen) atoms. The predicted molar refractivity (Wildman–Crippen MR) is 105 cm³/mol. The van der Waals surface area contributed by atoms with Gasteiger partial charge in [-0.25, -0.2) is 8.78 Å². The molecule has 0 spiro atoms. The van der Waals surface area contributed by atoms with Crippen LogP contribution in [0, 0.1) is 29.4 Å². The Labute approximate surface area is 153 Å². The first-order valence-corrected chi connectivity index (χ1v) is 12.7. The van der Waals surface area contributed by atoms with Crippen LogP contribution in [-0.4, -0.2) is 9.52 Å². The molecule has 0 saturated heterocycles. The highest BCUT2D eigenvalue weighted by Crippen LogP contribution is 2.38. The van der Waals surface area contributed by atoms with Crippen molar-refractivity contribution in [2.24, 2.45) is 17.8 Å². The van der Waals surface area contributed by atoms with E-state index in [0.717, 1.165) is 30.2 Å². The molecule has 0 aliphatic heterocycles. The summed E-state index contributed by atoms with van der Waals surface area (Å²) >= 11 is 0. The lowest BCUT2D eigenvalue weighted by Gasteiger charge is -2.29. The lowest BCUT2D eigenvalue weighted by Crippen LogP contribution is -2.15. The Hall–Kier alpha value is -0.963. The first-order valence-electron chi connectivity index (χ1n) is 10.3. The van der Waals surface area contributed by atoms with Crippen molar-refractivity contribution in [3.05, 3.63) is 47.5 Å². The molecular formula is C22H32F2Si. The van der Waals surface area contributed by atoms with Crippen LogP contribution in [0.15, 0.2) is 30.4 Å². The summed E-state index contributed by atoms with van der Waals surface area (Å²) in [6.07, 6.45) is 15.2. The normalized spacial score (nSPS) is 31.2. The quantitative estimate of drug-likeness (QED) is 0.430. The number of allylic oxidation sites excluding steroid dienone is 2. The number of halogens is 2. The van der Waals surface area contributed by atoms with Crippen LogP contribution in [0.2, 0.25) is 12.6 Å². The smallest absolute Gasteiger partial charge is 0.159 e. The van der Waals surface area contributed by atoms with E-state index in [1.807, 2.05) is 0 Å². The van der Waals surface area contributed by atoms with Crippen molar-refractivity contribution in [1.82, 2.24) is 0 Å². The molecular weight excluding hydrogens is 330 g/mol. The fraction of sp³-hybridized carbons (Fsp3) is 0.636. The van der Waals surface area contributed by atoms with Crippen molar-refractivity contribution >= 4 is 9.52 Å². The molecule has 3 rings (SSSR count). The third-order valence-electron chi connectivity index (χ3n) is 6.43. The summed E-state index contributed by atoms with van der Waals surface area (Å²) in [5.41, 5.74) is 0.971. The Kier molecular flexibility index (Phi) is 6.86. The highest BCUT2D eigenvalue weighted by molar-refractivity contribution is 6.33. The summed E-state index contributed by atoms with van der Waals surface area (Å²) in [4.78, 5) is 0. The fourth-order valence-electron chi connectivity index (χ4n) is 4.80. The molecule has 0 heterocycles. The van der Waals surface area contributed by atoms with Gasteiger partial charge in [-0.1, -0.05) is 43.7 Å². The van der Waals surface area contributed by atoms with Crippen LogP contribution in [-0.2, 0) is 0 Å². The van der Waals surface area contributed by atoms with Gasteiger partial charge in [-0.2, -0.15) is 0 Å². The minimum absolute atomic E-state index is 0.230. The standard InChI is InChI=1S/C22H32F2Si/c1-25-15-18-6-4-16(5-7-18)2-3-17-8-10-19(11-9-17)20-12-13-21(23)22(24)14-20/h2-3,12-14,16-19H,4-11,15,25H2,1H3/t16-,17-,18-,19-. The van der Waals surface area contributed by atoms with E-state index in [1.165, 1.54) is 50.7 Å². The van der Waals surface area contributed by atoms with Crippen LogP contribution in [0.25, 0.3) is 0 Å². The van der Waals surface area contributed by atoms with Crippen LogP contribution in [0.3, 0.4) is 0 Å². The largest absolute Gasteiger partial charge is 0.204 e. The first kappa shape index (κ1) is 18.8. The molecule has 2 aliphatic rings. The maximum absolute atomic E-state index is 13.4. The van der Waals surface area contributed by atoms with Gasteiger partial charge in [0.15, 0.2) is 11.6 Å². The molecule has 2 fully saturated rings. The van der Waals surface area contributed by atoms with E-state index in [-0.39, 0.29) is 9.52 Å². The van der Waals surface area contributed by atoms with Gasteiger partial charge in [-0.05, 0) is 79.9 Å². The summed E-state index contributed by atoms with van der Waals surface area (Å²) in [6, 6.07) is 5.98. The van der Waals surface area contributed by atoms with E-state index in [1.54, 1.807) is 12.1 Å². The number of rotatable bonds is 5. The van der Waals surface area contributed by atoms with Gasteiger partial charge in [0.05, 0.1) is 0 Å². The highest BCUT2D eigenvalue weighted by Gasteiger charge is 2.23. The molecule has 1 aromatic carbocycles. The van der Waals surface area contributed by atoms with Crippen LogP contribution < -0.4 is 0 Å². The van der Waals surface area contributed by atoms with Gasteiger partial charge in [0, 0.05) is 9.52 Å². The molecule has 2 aliphatic carbocycles. The number of hydrogen-bond acceptors (Lipinski definition) is 0. The van der Waals surface area contributed by atoms with Gasteiger partial charge in [0.1, 0.15) is 0 Å². The third-order valence-corrected chi connectivity index (χ3v) is 7.82. The van der Waals surface area contributed by atoms with Gasteiger partial charge < -0.3 is 0 Å². The fourth-order valence-corrected chi connectivity index (χ4v) is 6.20. The molecule has 1 aromatic rings. The van der Waals surface area contributed by atoms with Crippen molar-refractivity contribution in [3.8, 4) is 0 Å². The summed E-state index contributed by atoms with van der Waals surface area (Å²) in [7, 11) is 0.230. The summed E-state index contributed by atoms with van der Waals surface area (Å²) < 4.78 is 26.5. The van der Waals surface area contributed by atoms with Gasteiger partial charge in [-0.15, -0.1) is 0 Å². The highest BCUT2D eigenvalue weighted by atomic mass is 28.2. The average Bonchev–Trinajstić information content (AvgIpc) is 2.64. The Morgan fingerprint density at radius 1 is 0.880 bits per heavy atom. The van der Waals surface area contributed by atoms with E-state index in [9.17, 15) is 8.78 Å². The summed E-state index contributed by atoms with van der Waals surface area (Å²) in [5, 5.41) is 0. The average molecular weight is 363 g/mol. The molecule has 0 atom stereocenters. The molecule has 3 heteroatoms. The molecule has 2 saturated carbocycles. The maximum atomic E-state index is 13.4. The Bertz CT molecular complexity index is 567. The zero-order valence-corrected chi connectivity index (χ0v) is 16.9. The van der Waals surface area contributed by atoms with Crippen LogP contribution in [0.1, 0.15) is 62.8 Å². The topological polar surface area (TPSA) is 0 Å². The van der Waals surface area contributed by atoms with Gasteiger partial charge in [0.2, 0.25) is 0 Å². The van der Waals surface area contributed by atoms with E-state index in [4.69, 9.17) is 0 Å². The minimum atomic E-state index is -0.739. The predicted octanol–water partition coefficient (Wildman–Crippen LogP) is 6.24. The molecule has 0 aromatic heterocycles. The molecule has 0 amide bonds. The molecule has 0 radical (unpaired) electrons. The van der Waals surface area contributed by atoms with Crippen molar-refractivity contribution in [1.29, 1.82) is 0 Å². The maximum Gasteiger partial charge on any atom is 0.159 e. The SMILES string of the molecule is C[SiH2]C[C@H]1CC[C@H](C=C[C@H]2CC[C@H](c3ccc(F)c(F)c3)CC2)CC1. The van der Waals surface area contributed by atoms with E-state index in [2.05, 4.69) is 18.7 Å². The minimum Gasteiger partial charge on any atom is -0.204 e. The molecule has 138 valence electrons. The number of benzene rings is 1. The lowest BCUT2D eigenvalue weighted by atomic mass is 9.77. The van der Waals surface area contributed by atoms with Crippen molar-refractivity contribution in [2.75, 3.05) is 0 Å². The lowest BCUT2D eigenvalue weighted by molar-refractivity contribution is 0.326. The third kappa shape index (κ3) is 5.26. The van der Waals surface area contributed by atoms with E-state index < -0.39 is 11.6 Å². The monoisotopic (exact) mass is 362 g/mol. The zero-order valence-electron chi connectivity index (χ0n) is 15.5.